The molecule has 3 unspecified atom stereocenters. The lowest BCUT2D eigenvalue weighted by atomic mass is 9.83. The van der Waals surface area contributed by atoms with E-state index in [-0.39, 0.29) is 29.4 Å². The van der Waals surface area contributed by atoms with Gasteiger partial charge < -0.3 is 15.5 Å². The standard InChI is InChI=1S/C41H62N6O6S2/c1-6-18-46(8-3)24-27(5)25-54(50,51)44-40(48)42-38-34-14-10-13-29(34)21-31-22-32(23-36(31)38)33-17-16-30-20-28-12-11-15-35(28)39(37(30)33)43-41(49)45-55(52,53)26-47(9-4)19-7-2/h20-21,27,32-33H,6-19,22-26H2,1-5H3,(H2,42,44,48)(H2,43,45,49). The summed E-state index contributed by atoms with van der Waals surface area (Å²) in [7, 11) is -7.75. The molecule has 0 saturated carbocycles. The average Bonchev–Trinajstić information content (AvgIpc) is 3.93. The maximum Gasteiger partial charge on any atom is 0.332 e. The third-order valence-electron chi connectivity index (χ3n) is 12.1. The van der Waals surface area contributed by atoms with Crippen molar-refractivity contribution in [2.75, 3.05) is 55.0 Å². The second-order valence-corrected chi connectivity index (χ2v) is 19.8. The molecule has 2 aromatic carbocycles. The van der Waals surface area contributed by atoms with Crippen LogP contribution >= 0.6 is 0 Å². The molecule has 304 valence electrons. The molecule has 2 aromatic rings. The fourth-order valence-electron chi connectivity index (χ4n) is 9.91. The Labute approximate surface area is 329 Å². The molecule has 0 heterocycles. The van der Waals surface area contributed by atoms with Crippen LogP contribution in [0.4, 0.5) is 21.0 Å². The maximum atomic E-state index is 13.5. The Morgan fingerprint density at radius 2 is 1.29 bits per heavy atom. The van der Waals surface area contributed by atoms with Crippen molar-refractivity contribution in [1.29, 1.82) is 0 Å². The Bertz CT molecular complexity index is 1980. The molecule has 0 radical (unpaired) electrons. The van der Waals surface area contributed by atoms with Crippen molar-refractivity contribution in [3.05, 3.63) is 56.6 Å². The fraction of sp³-hybridized carbons (Fsp3) is 0.659. The zero-order chi connectivity index (χ0) is 39.5. The van der Waals surface area contributed by atoms with E-state index in [2.05, 4.69) is 51.0 Å². The van der Waals surface area contributed by atoms with Gasteiger partial charge in [0.2, 0.25) is 20.0 Å². The summed E-state index contributed by atoms with van der Waals surface area (Å²) in [6, 6.07) is 3.16. The smallest absolute Gasteiger partial charge is 0.307 e. The number of nitrogens with zero attached hydrogens (tertiary/aromatic N) is 2. The van der Waals surface area contributed by atoms with Crippen LogP contribution in [0.2, 0.25) is 0 Å². The average molecular weight is 799 g/mol. The van der Waals surface area contributed by atoms with Gasteiger partial charge in [0.1, 0.15) is 5.88 Å². The molecule has 0 spiro atoms. The van der Waals surface area contributed by atoms with E-state index in [1.807, 2.05) is 20.8 Å². The van der Waals surface area contributed by atoms with Gasteiger partial charge in [-0.3, -0.25) is 4.90 Å². The van der Waals surface area contributed by atoms with E-state index in [4.69, 9.17) is 0 Å². The predicted octanol–water partition coefficient (Wildman–Crippen LogP) is 6.07. The Balaban J connectivity index is 1.21. The van der Waals surface area contributed by atoms with Gasteiger partial charge in [0.15, 0.2) is 0 Å². The summed E-state index contributed by atoms with van der Waals surface area (Å²) in [5.74, 6) is -0.164. The Morgan fingerprint density at radius 1 is 0.709 bits per heavy atom. The lowest BCUT2D eigenvalue weighted by Gasteiger charge is -2.25. The van der Waals surface area contributed by atoms with E-state index in [0.29, 0.717) is 19.6 Å². The quantitative estimate of drug-likeness (QED) is 0.150. The lowest BCUT2D eigenvalue weighted by molar-refractivity contribution is 0.254. The molecule has 4 N–H and O–H groups in total. The molecule has 14 heteroatoms. The van der Waals surface area contributed by atoms with Gasteiger partial charge in [-0.05, 0) is 165 Å². The number of hydrogen-bond acceptors (Lipinski definition) is 8. The van der Waals surface area contributed by atoms with E-state index in [1.165, 1.54) is 22.3 Å². The molecule has 4 aliphatic rings. The SMILES string of the molecule is CCCN(CC)CC(C)CS(=O)(=O)NC(=O)Nc1c2c(cc3c1CC(C1CCc4cc5c(c(NC(=O)NS(=O)(=O)CN(CC)CCC)c41)CCC5)C3)CCC2. The largest absolute Gasteiger partial charge is 0.332 e. The van der Waals surface area contributed by atoms with Gasteiger partial charge in [0.25, 0.3) is 0 Å². The first-order chi connectivity index (χ1) is 26.2. The van der Waals surface area contributed by atoms with Gasteiger partial charge in [-0.2, -0.15) is 0 Å². The lowest BCUT2D eigenvalue weighted by Crippen LogP contribution is -2.42. The van der Waals surface area contributed by atoms with E-state index in [9.17, 15) is 26.4 Å². The minimum Gasteiger partial charge on any atom is -0.307 e. The van der Waals surface area contributed by atoms with Gasteiger partial charge in [-0.1, -0.05) is 46.8 Å². The first-order valence-electron chi connectivity index (χ1n) is 20.7. The number of carbonyl (C=O) groups excluding carboxylic acids is 2. The Kier molecular flexibility index (Phi) is 13.2. The highest BCUT2D eigenvalue weighted by molar-refractivity contribution is 7.90. The zero-order valence-corrected chi connectivity index (χ0v) is 35.1. The molecule has 0 saturated heterocycles. The van der Waals surface area contributed by atoms with Crippen LogP contribution in [0.1, 0.15) is 117 Å². The first kappa shape index (κ1) is 41.4. The van der Waals surface area contributed by atoms with Crippen molar-refractivity contribution in [2.45, 2.75) is 118 Å². The van der Waals surface area contributed by atoms with Crippen molar-refractivity contribution in [3.8, 4) is 0 Å². The van der Waals surface area contributed by atoms with Gasteiger partial charge in [0, 0.05) is 17.9 Å². The van der Waals surface area contributed by atoms with Crippen molar-refractivity contribution >= 4 is 43.5 Å². The molecule has 3 atom stereocenters. The number of aryl methyl sites for hydroxylation is 3. The number of urea groups is 2. The van der Waals surface area contributed by atoms with Crippen LogP contribution in [-0.2, 0) is 65.0 Å². The number of rotatable bonds is 17. The minimum absolute atomic E-state index is 0.130. The molecule has 0 aromatic heterocycles. The van der Waals surface area contributed by atoms with Gasteiger partial charge in [-0.25, -0.2) is 35.9 Å². The van der Waals surface area contributed by atoms with E-state index in [1.54, 1.807) is 4.90 Å². The summed E-state index contributed by atoms with van der Waals surface area (Å²) in [5, 5.41) is 6.08. The molecule has 55 heavy (non-hydrogen) atoms. The Hall–Kier alpha value is -3.20. The summed E-state index contributed by atoms with van der Waals surface area (Å²) in [6.45, 7) is 13.6. The van der Waals surface area contributed by atoms with Gasteiger partial charge in [0.05, 0.1) is 5.75 Å². The van der Waals surface area contributed by atoms with Crippen LogP contribution in [0.15, 0.2) is 12.1 Å². The zero-order valence-electron chi connectivity index (χ0n) is 33.5. The van der Waals surface area contributed by atoms with Crippen LogP contribution in [-0.4, -0.2) is 83.1 Å². The van der Waals surface area contributed by atoms with Crippen LogP contribution in [0.5, 0.6) is 0 Å². The highest BCUT2D eigenvalue weighted by atomic mass is 32.2. The molecular weight excluding hydrogens is 737 g/mol. The minimum atomic E-state index is -3.89. The number of fused-ring (bicyclic) bond motifs is 4. The summed E-state index contributed by atoms with van der Waals surface area (Å²) in [6.07, 6.45) is 10.6. The topological polar surface area (TPSA) is 157 Å². The van der Waals surface area contributed by atoms with Crippen LogP contribution in [0.3, 0.4) is 0 Å². The highest BCUT2D eigenvalue weighted by Gasteiger charge is 2.40. The monoisotopic (exact) mass is 798 g/mol. The van der Waals surface area contributed by atoms with Crippen LogP contribution in [0, 0.1) is 11.8 Å². The van der Waals surface area contributed by atoms with Gasteiger partial charge in [-0.15, -0.1) is 0 Å². The van der Waals surface area contributed by atoms with E-state index in [0.717, 1.165) is 124 Å². The molecule has 0 bridgehead atoms. The number of carbonyl (C=O) groups is 2. The number of amides is 4. The second kappa shape index (κ2) is 17.5. The number of sulfonamides is 2. The van der Waals surface area contributed by atoms with Crippen molar-refractivity contribution in [1.82, 2.24) is 19.2 Å². The number of nitrogens with one attached hydrogen (secondary N) is 4. The van der Waals surface area contributed by atoms with Crippen molar-refractivity contribution in [2.24, 2.45) is 11.8 Å². The molecule has 4 amide bonds. The summed E-state index contributed by atoms with van der Waals surface area (Å²) < 4.78 is 57.0. The third kappa shape index (κ3) is 9.68. The van der Waals surface area contributed by atoms with Crippen molar-refractivity contribution in [3.63, 3.8) is 0 Å². The van der Waals surface area contributed by atoms with Crippen LogP contribution < -0.4 is 20.1 Å². The number of hydrogen-bond donors (Lipinski definition) is 4. The molecular formula is C41H62N6O6S2. The van der Waals surface area contributed by atoms with E-state index < -0.39 is 32.1 Å². The molecule has 4 aliphatic carbocycles. The molecule has 6 rings (SSSR count). The number of benzene rings is 2. The summed E-state index contributed by atoms with van der Waals surface area (Å²) >= 11 is 0. The van der Waals surface area contributed by atoms with Crippen molar-refractivity contribution < 1.29 is 26.4 Å². The second-order valence-electron chi connectivity index (χ2n) is 16.4. The van der Waals surface area contributed by atoms with E-state index >= 15 is 0 Å². The normalized spacial score (nSPS) is 19.3. The predicted molar refractivity (Wildman–Crippen MR) is 220 cm³/mol. The summed E-state index contributed by atoms with van der Waals surface area (Å²) in [4.78, 5) is 30.9. The maximum absolute atomic E-state index is 13.5. The first-order valence-corrected chi connectivity index (χ1v) is 24.0. The van der Waals surface area contributed by atoms with Crippen LogP contribution in [0.25, 0.3) is 0 Å². The Morgan fingerprint density at radius 3 is 1.93 bits per heavy atom. The van der Waals surface area contributed by atoms with Gasteiger partial charge >= 0.3 is 12.1 Å². The number of anilines is 2. The fourth-order valence-corrected chi connectivity index (χ4v) is 12.4. The molecule has 0 aliphatic heterocycles. The third-order valence-corrected chi connectivity index (χ3v) is 14.8. The summed E-state index contributed by atoms with van der Waals surface area (Å²) in [5.41, 5.74) is 10.8. The highest BCUT2D eigenvalue weighted by Crippen LogP contribution is 2.51. The molecule has 0 fully saturated rings. The molecule has 12 nitrogen and oxygen atoms in total.